The van der Waals surface area contributed by atoms with Crippen LogP contribution < -0.4 is 0 Å². The Labute approximate surface area is 189 Å². The first-order valence-electron chi connectivity index (χ1n) is 10.2. The predicted molar refractivity (Wildman–Crippen MR) is 125 cm³/mol. The summed E-state index contributed by atoms with van der Waals surface area (Å²) < 4.78 is 27.7. The second-order valence-electron chi connectivity index (χ2n) is 7.70. The Morgan fingerprint density at radius 2 is 1.52 bits per heavy atom. The summed E-state index contributed by atoms with van der Waals surface area (Å²) >= 11 is 1.65. The molecule has 3 aromatic rings. The van der Waals surface area contributed by atoms with Gasteiger partial charge in [0.25, 0.3) is 0 Å². The molecule has 0 aliphatic rings. The molecule has 0 bridgehead atoms. The first kappa shape index (κ1) is 23.2. The molecule has 0 radical (unpaired) electrons. The molecule has 0 N–H and O–H groups in total. The van der Waals surface area contributed by atoms with Crippen LogP contribution in [-0.4, -0.2) is 36.1 Å². The van der Waals surface area contributed by atoms with Gasteiger partial charge < -0.3 is 4.90 Å². The van der Waals surface area contributed by atoms with E-state index in [0.29, 0.717) is 13.1 Å². The summed E-state index contributed by atoms with van der Waals surface area (Å²) in [7, 11) is -3.78. The smallest absolute Gasteiger partial charge is 0.243 e. The maximum Gasteiger partial charge on any atom is 0.243 e. The zero-order valence-corrected chi connectivity index (χ0v) is 19.7. The maximum atomic E-state index is 13.4. The number of thiophene rings is 1. The van der Waals surface area contributed by atoms with E-state index in [4.69, 9.17) is 0 Å². The Kier molecular flexibility index (Phi) is 7.64. The maximum absolute atomic E-state index is 13.4. The normalized spacial score (nSPS) is 11.8. The van der Waals surface area contributed by atoms with E-state index in [2.05, 4.69) is 0 Å². The third-order valence-corrected chi connectivity index (χ3v) is 7.95. The van der Waals surface area contributed by atoms with Crippen LogP contribution in [0.15, 0.2) is 77.7 Å². The highest BCUT2D eigenvalue weighted by atomic mass is 32.2. The molecule has 7 heteroatoms. The number of benzene rings is 2. The van der Waals surface area contributed by atoms with Gasteiger partial charge in [0.1, 0.15) is 0 Å². The van der Waals surface area contributed by atoms with Gasteiger partial charge in [0.2, 0.25) is 15.9 Å². The van der Waals surface area contributed by atoms with Gasteiger partial charge in [0.15, 0.2) is 0 Å². The minimum Gasteiger partial charge on any atom is -0.332 e. The lowest BCUT2D eigenvalue weighted by Crippen LogP contribution is -2.45. The van der Waals surface area contributed by atoms with Crippen molar-refractivity contribution in [2.45, 2.75) is 44.8 Å². The molecule has 0 fully saturated rings. The van der Waals surface area contributed by atoms with Crippen LogP contribution in [0.5, 0.6) is 0 Å². The lowest BCUT2D eigenvalue weighted by molar-refractivity contribution is -0.132. The second-order valence-corrected chi connectivity index (χ2v) is 11.0. The summed E-state index contributed by atoms with van der Waals surface area (Å²) in [4.78, 5) is 17.6. The zero-order chi connectivity index (χ0) is 22.4. The summed E-state index contributed by atoms with van der Waals surface area (Å²) in [6.45, 7) is 6.28. The number of amides is 1. The van der Waals surface area contributed by atoms with Gasteiger partial charge in [0, 0.05) is 22.3 Å². The number of carbonyl (C=O) groups is 1. The molecule has 31 heavy (non-hydrogen) atoms. The van der Waals surface area contributed by atoms with Gasteiger partial charge in [-0.25, -0.2) is 8.42 Å². The van der Waals surface area contributed by atoms with Crippen molar-refractivity contribution in [3.63, 3.8) is 0 Å². The summed E-state index contributed by atoms with van der Waals surface area (Å²) in [5, 5.41) is 0. The van der Waals surface area contributed by atoms with Crippen molar-refractivity contribution in [3.05, 3.63) is 88.1 Å². The molecule has 1 heterocycles. The average Bonchev–Trinajstić information content (AvgIpc) is 3.17. The van der Waals surface area contributed by atoms with Crippen molar-refractivity contribution in [3.8, 4) is 0 Å². The molecular formula is C24H28N2O3S2. The lowest BCUT2D eigenvalue weighted by Gasteiger charge is -2.29. The van der Waals surface area contributed by atoms with E-state index in [0.717, 1.165) is 10.4 Å². The fourth-order valence-electron chi connectivity index (χ4n) is 3.30. The second kappa shape index (κ2) is 10.2. The molecular weight excluding hydrogens is 428 g/mol. The van der Waals surface area contributed by atoms with Crippen molar-refractivity contribution in [2.24, 2.45) is 0 Å². The van der Waals surface area contributed by atoms with E-state index in [-0.39, 0.29) is 23.4 Å². The lowest BCUT2D eigenvalue weighted by atomic mass is 10.2. The van der Waals surface area contributed by atoms with Crippen LogP contribution in [0.3, 0.4) is 0 Å². The Balaban J connectivity index is 1.86. The van der Waals surface area contributed by atoms with Gasteiger partial charge in [-0.1, -0.05) is 48.5 Å². The van der Waals surface area contributed by atoms with Crippen LogP contribution in [0.1, 0.15) is 29.2 Å². The highest BCUT2D eigenvalue weighted by molar-refractivity contribution is 7.89. The number of aryl methyl sites for hydroxylation is 1. The number of hydrogen-bond acceptors (Lipinski definition) is 4. The highest BCUT2D eigenvalue weighted by Gasteiger charge is 2.30. The van der Waals surface area contributed by atoms with E-state index in [9.17, 15) is 13.2 Å². The summed E-state index contributed by atoms with van der Waals surface area (Å²) in [5.41, 5.74) is 1.01. The van der Waals surface area contributed by atoms with Gasteiger partial charge in [0.05, 0.1) is 18.0 Å². The average molecular weight is 457 g/mol. The van der Waals surface area contributed by atoms with Gasteiger partial charge in [-0.05, 0) is 50.6 Å². The van der Waals surface area contributed by atoms with Gasteiger partial charge in [-0.3, -0.25) is 4.79 Å². The molecule has 0 saturated carbocycles. The summed E-state index contributed by atoms with van der Waals surface area (Å²) in [5.74, 6) is -0.219. The third-order valence-electron chi connectivity index (χ3n) is 4.93. The number of rotatable bonds is 9. The molecule has 0 atom stereocenters. The van der Waals surface area contributed by atoms with E-state index in [1.54, 1.807) is 60.4 Å². The van der Waals surface area contributed by atoms with Crippen LogP contribution in [0, 0.1) is 6.92 Å². The quantitative estimate of drug-likeness (QED) is 0.470. The fraction of sp³-hybridized carbons (Fsp3) is 0.292. The van der Waals surface area contributed by atoms with E-state index in [1.165, 1.54) is 9.18 Å². The zero-order valence-electron chi connectivity index (χ0n) is 18.1. The van der Waals surface area contributed by atoms with Crippen LogP contribution in [-0.2, 0) is 27.9 Å². The number of carbonyl (C=O) groups excluding carboxylic acids is 1. The largest absolute Gasteiger partial charge is 0.332 e. The van der Waals surface area contributed by atoms with Crippen molar-refractivity contribution in [2.75, 3.05) is 6.54 Å². The molecule has 2 aromatic carbocycles. The van der Waals surface area contributed by atoms with Crippen LogP contribution in [0.4, 0.5) is 0 Å². The molecule has 0 spiro atoms. The van der Waals surface area contributed by atoms with Gasteiger partial charge in [-0.2, -0.15) is 4.31 Å². The number of sulfonamides is 1. The molecule has 3 rings (SSSR count). The van der Waals surface area contributed by atoms with Crippen molar-refractivity contribution >= 4 is 27.3 Å². The third kappa shape index (κ3) is 6.03. The summed E-state index contributed by atoms with van der Waals surface area (Å²) in [6.07, 6.45) is 0. The Bertz CT molecular complexity index is 1090. The van der Waals surface area contributed by atoms with Crippen LogP contribution in [0.25, 0.3) is 0 Å². The van der Waals surface area contributed by atoms with Crippen molar-refractivity contribution in [1.29, 1.82) is 0 Å². The molecule has 1 aromatic heterocycles. The molecule has 0 aliphatic heterocycles. The monoisotopic (exact) mass is 456 g/mol. The first-order valence-corrected chi connectivity index (χ1v) is 12.5. The number of nitrogens with zero attached hydrogens (tertiary/aromatic N) is 2. The molecule has 1 amide bonds. The Morgan fingerprint density at radius 3 is 2.06 bits per heavy atom. The highest BCUT2D eigenvalue weighted by Crippen LogP contribution is 2.21. The summed E-state index contributed by atoms with van der Waals surface area (Å²) in [6, 6.07) is 21.7. The van der Waals surface area contributed by atoms with Crippen molar-refractivity contribution < 1.29 is 13.2 Å². The molecule has 0 saturated heterocycles. The minimum atomic E-state index is -3.78. The predicted octanol–water partition coefficient (Wildman–Crippen LogP) is 4.68. The van der Waals surface area contributed by atoms with Gasteiger partial charge >= 0.3 is 0 Å². The molecule has 5 nitrogen and oxygen atoms in total. The first-order chi connectivity index (χ1) is 14.8. The minimum absolute atomic E-state index is 0.194. The SMILES string of the molecule is Cc1ccc(CN(Cc2ccccc2)C(=O)CN(C(C)C)S(=O)(=O)c2ccccc2)s1. The number of hydrogen-bond donors (Lipinski definition) is 0. The molecule has 0 aliphatic carbocycles. The van der Waals surface area contributed by atoms with E-state index < -0.39 is 10.0 Å². The Hall–Kier alpha value is -2.48. The molecule has 0 unspecified atom stereocenters. The van der Waals surface area contributed by atoms with E-state index in [1.807, 2.05) is 49.4 Å². The fourth-order valence-corrected chi connectivity index (χ4v) is 5.81. The van der Waals surface area contributed by atoms with Crippen molar-refractivity contribution in [1.82, 2.24) is 9.21 Å². The van der Waals surface area contributed by atoms with Crippen LogP contribution in [0.2, 0.25) is 0 Å². The molecule has 164 valence electrons. The van der Waals surface area contributed by atoms with Gasteiger partial charge in [-0.15, -0.1) is 11.3 Å². The van der Waals surface area contributed by atoms with E-state index >= 15 is 0 Å². The topological polar surface area (TPSA) is 57.7 Å². The Morgan fingerprint density at radius 1 is 0.903 bits per heavy atom. The van der Waals surface area contributed by atoms with Crippen LogP contribution >= 0.6 is 11.3 Å². The standard InChI is InChI=1S/C24H28N2O3S2/c1-19(2)26(31(28,29)23-12-8-5-9-13-23)18-24(27)25(16-21-10-6-4-7-11-21)17-22-15-14-20(3)30-22/h4-15,19H,16-18H2,1-3H3.